The number of piperidine rings is 1. The van der Waals surface area contributed by atoms with Gasteiger partial charge in [0.15, 0.2) is 6.33 Å². The molecule has 1 N–H and O–H groups in total. The first kappa shape index (κ1) is 19.6. The maximum Gasteiger partial charge on any atom is 0.416 e. The fourth-order valence-corrected chi connectivity index (χ4v) is 5.23. The van der Waals surface area contributed by atoms with E-state index in [0.717, 1.165) is 66.0 Å². The van der Waals surface area contributed by atoms with Gasteiger partial charge >= 0.3 is 6.18 Å². The highest BCUT2D eigenvalue weighted by molar-refractivity contribution is 7.15. The number of thiazole rings is 1. The molecule has 3 heterocycles. The van der Waals surface area contributed by atoms with Crippen LogP contribution < -0.4 is 5.32 Å². The number of aromatic nitrogens is 3. The average molecular weight is 429 g/mol. The number of hydrogen-bond donors (Lipinski definition) is 1. The molecule has 1 aliphatic carbocycles. The molecule has 0 bridgehead atoms. The van der Waals surface area contributed by atoms with Gasteiger partial charge in [-0.1, -0.05) is 12.1 Å². The Morgan fingerprint density at radius 3 is 2.57 bits per heavy atom. The van der Waals surface area contributed by atoms with E-state index < -0.39 is 11.7 Å². The summed E-state index contributed by atoms with van der Waals surface area (Å²) in [6.45, 7) is 1.85. The normalized spacial score (nSPS) is 18.0. The topological polar surface area (TPSA) is 50.7 Å². The molecule has 8 heteroatoms. The van der Waals surface area contributed by atoms with Gasteiger partial charge in [-0.25, -0.2) is 15.0 Å². The second-order valence-corrected chi connectivity index (χ2v) is 8.91. The van der Waals surface area contributed by atoms with Crippen molar-refractivity contribution >= 4 is 11.3 Å². The van der Waals surface area contributed by atoms with Crippen molar-refractivity contribution in [3.63, 3.8) is 0 Å². The number of nitrogens with zero attached hydrogens (tertiary/aromatic N) is 3. The van der Waals surface area contributed by atoms with Gasteiger partial charge in [0.1, 0.15) is 0 Å². The summed E-state index contributed by atoms with van der Waals surface area (Å²) >= 11 is 1.56. The Hall–Kier alpha value is -2.32. The summed E-state index contributed by atoms with van der Waals surface area (Å²) in [5.74, 6) is 0.720. The van der Waals surface area contributed by atoms with E-state index >= 15 is 0 Å². The van der Waals surface area contributed by atoms with Crippen molar-refractivity contribution in [2.75, 3.05) is 13.1 Å². The first-order chi connectivity index (χ1) is 14.5. The van der Waals surface area contributed by atoms with Crippen LogP contribution in [0.5, 0.6) is 0 Å². The lowest BCUT2D eigenvalue weighted by molar-refractivity contribution is -0.137. The Morgan fingerprint density at radius 2 is 1.83 bits per heavy atom. The molecule has 4 nitrogen and oxygen atoms in total. The second-order valence-electron chi connectivity index (χ2n) is 7.88. The number of hydrogen-bond acceptors (Lipinski definition) is 5. The predicted molar refractivity (Wildman–Crippen MR) is 109 cm³/mol. The molecule has 2 fully saturated rings. The van der Waals surface area contributed by atoms with Crippen molar-refractivity contribution in [3.05, 3.63) is 52.9 Å². The summed E-state index contributed by atoms with van der Waals surface area (Å²) in [7, 11) is 0. The van der Waals surface area contributed by atoms with Gasteiger partial charge in [-0.05, 0) is 56.8 Å². The van der Waals surface area contributed by atoms with Crippen molar-refractivity contribution < 1.29 is 13.2 Å². The largest absolute Gasteiger partial charge is 0.416 e. The molecule has 1 aromatic carbocycles. The third-order valence-corrected chi connectivity index (χ3v) is 6.95. The average Bonchev–Trinajstić information content (AvgIpc) is 3.52. The van der Waals surface area contributed by atoms with Gasteiger partial charge < -0.3 is 5.32 Å². The van der Waals surface area contributed by atoms with Crippen molar-refractivity contribution in [2.24, 2.45) is 0 Å². The molecule has 2 aromatic heterocycles. The van der Waals surface area contributed by atoms with E-state index in [1.165, 1.54) is 12.1 Å². The van der Waals surface area contributed by atoms with Crippen LogP contribution in [0.2, 0.25) is 0 Å². The van der Waals surface area contributed by atoms with Gasteiger partial charge in [0, 0.05) is 23.2 Å². The first-order valence-electron chi connectivity index (χ1n) is 10.1. The zero-order chi connectivity index (χ0) is 20.7. The lowest BCUT2D eigenvalue weighted by Crippen LogP contribution is -2.26. The van der Waals surface area contributed by atoms with E-state index in [4.69, 9.17) is 4.98 Å². The predicted octanol–water partition coefficient (Wildman–Crippen LogP) is 5.43. The summed E-state index contributed by atoms with van der Waals surface area (Å²) < 4.78 is 40.0. The van der Waals surface area contributed by atoms with E-state index in [1.54, 1.807) is 23.6 Å². The number of nitrogens with one attached hydrogen (secondary N) is 1. The van der Waals surface area contributed by atoms with Crippen LogP contribution in [0.4, 0.5) is 13.2 Å². The third kappa shape index (κ3) is 3.86. The summed E-state index contributed by atoms with van der Waals surface area (Å²) in [6.07, 6.45) is 4.18. The van der Waals surface area contributed by atoms with Crippen LogP contribution in [0.1, 0.15) is 53.7 Å². The molecule has 1 aliphatic heterocycles. The highest BCUT2D eigenvalue weighted by atomic mass is 32.1. The SMILES string of the molecule is FC(F)(F)c1cccc(-c2nc(C3CCNCC3)sc2-c2n[c]ncc2C2CC2)c1. The molecule has 1 radical (unpaired) electrons. The maximum atomic E-state index is 13.3. The minimum absolute atomic E-state index is 0.310. The number of halogens is 3. The molecule has 0 unspecified atom stereocenters. The van der Waals surface area contributed by atoms with E-state index in [9.17, 15) is 13.2 Å². The highest BCUT2D eigenvalue weighted by Crippen LogP contribution is 2.47. The van der Waals surface area contributed by atoms with E-state index in [2.05, 4.69) is 21.6 Å². The van der Waals surface area contributed by atoms with Crippen molar-refractivity contribution in [1.29, 1.82) is 0 Å². The maximum absolute atomic E-state index is 13.3. The Bertz CT molecular complexity index is 1050. The fourth-order valence-electron chi connectivity index (χ4n) is 3.96. The summed E-state index contributed by atoms with van der Waals surface area (Å²) in [4.78, 5) is 14.2. The summed E-state index contributed by atoms with van der Waals surface area (Å²) in [5.41, 5.74) is 2.18. The van der Waals surface area contributed by atoms with Crippen LogP contribution >= 0.6 is 11.3 Å². The zero-order valence-electron chi connectivity index (χ0n) is 16.2. The van der Waals surface area contributed by atoms with E-state index in [-0.39, 0.29) is 0 Å². The van der Waals surface area contributed by atoms with Crippen molar-refractivity contribution in [2.45, 2.75) is 43.7 Å². The molecule has 0 spiro atoms. The molecule has 1 saturated heterocycles. The molecule has 3 aromatic rings. The summed E-state index contributed by atoms with van der Waals surface area (Å²) in [5, 5.41) is 4.32. The van der Waals surface area contributed by atoms with Crippen LogP contribution in [0.25, 0.3) is 21.8 Å². The Labute approximate surface area is 176 Å². The van der Waals surface area contributed by atoms with Crippen LogP contribution in [-0.4, -0.2) is 28.0 Å². The molecule has 155 valence electrons. The highest BCUT2D eigenvalue weighted by Gasteiger charge is 2.33. The Kier molecular flexibility index (Phi) is 5.06. The van der Waals surface area contributed by atoms with Gasteiger partial charge in [-0.3, -0.25) is 0 Å². The molecular formula is C22H20F3N4S. The minimum Gasteiger partial charge on any atom is -0.317 e. The Morgan fingerprint density at radius 1 is 1.03 bits per heavy atom. The summed E-state index contributed by atoms with van der Waals surface area (Å²) in [6, 6.07) is 5.42. The number of alkyl halides is 3. The van der Waals surface area contributed by atoms with Gasteiger partial charge in [-0.15, -0.1) is 11.3 Å². The van der Waals surface area contributed by atoms with Crippen molar-refractivity contribution in [3.8, 4) is 21.8 Å². The van der Waals surface area contributed by atoms with Crippen LogP contribution in [-0.2, 0) is 6.18 Å². The van der Waals surface area contributed by atoms with Crippen LogP contribution in [0.15, 0.2) is 30.5 Å². The fraction of sp³-hybridized carbons (Fsp3) is 0.409. The van der Waals surface area contributed by atoms with E-state index in [1.807, 2.05) is 0 Å². The third-order valence-electron chi connectivity index (χ3n) is 5.72. The second kappa shape index (κ2) is 7.74. The lowest BCUT2D eigenvalue weighted by Gasteiger charge is -2.20. The Balaban J connectivity index is 1.65. The monoisotopic (exact) mass is 429 g/mol. The van der Waals surface area contributed by atoms with Crippen molar-refractivity contribution in [1.82, 2.24) is 20.3 Å². The van der Waals surface area contributed by atoms with Gasteiger partial charge in [0.25, 0.3) is 0 Å². The van der Waals surface area contributed by atoms with Gasteiger partial charge in [0.05, 0.1) is 26.8 Å². The molecule has 1 saturated carbocycles. The minimum atomic E-state index is -4.40. The smallest absolute Gasteiger partial charge is 0.317 e. The van der Waals surface area contributed by atoms with Crippen LogP contribution in [0, 0.1) is 6.33 Å². The zero-order valence-corrected chi connectivity index (χ0v) is 17.0. The molecule has 0 atom stereocenters. The van der Waals surface area contributed by atoms with E-state index in [0.29, 0.717) is 23.1 Å². The molecule has 5 rings (SSSR count). The number of benzene rings is 1. The molecule has 2 aliphatic rings. The molecule has 0 amide bonds. The standard InChI is InChI=1S/C22H20F3N4S/c23-22(24,25)16-3-1-2-15(10-16)18-20(19-17(13-4-5-13)11-27-12-28-19)30-21(29-18)14-6-8-26-9-7-14/h1-3,10-11,13-14,26H,4-9H2. The van der Waals surface area contributed by atoms with Gasteiger partial charge in [0.2, 0.25) is 0 Å². The van der Waals surface area contributed by atoms with Crippen LogP contribution in [0.3, 0.4) is 0 Å². The quantitative estimate of drug-likeness (QED) is 0.601. The molecular weight excluding hydrogens is 409 g/mol. The van der Waals surface area contributed by atoms with Gasteiger partial charge in [-0.2, -0.15) is 13.2 Å². The lowest BCUT2D eigenvalue weighted by atomic mass is 9.99. The number of rotatable bonds is 4. The first-order valence-corrected chi connectivity index (χ1v) is 10.9. The molecule has 30 heavy (non-hydrogen) atoms.